The lowest BCUT2D eigenvalue weighted by atomic mass is 10.1. The summed E-state index contributed by atoms with van der Waals surface area (Å²) in [6, 6.07) is 12.1. The molecule has 2 rings (SSSR count). The Balaban J connectivity index is 1.97. The molecule has 0 unspecified atom stereocenters. The van der Waals surface area contributed by atoms with Crippen LogP contribution in [0.5, 0.6) is 5.75 Å². The van der Waals surface area contributed by atoms with Gasteiger partial charge in [0.05, 0.1) is 0 Å². The molecule has 0 radical (unpaired) electrons. The second kappa shape index (κ2) is 7.31. The van der Waals surface area contributed by atoms with Crippen molar-refractivity contribution >= 4 is 17.8 Å². The van der Waals surface area contributed by atoms with Gasteiger partial charge in [0.25, 0.3) is 0 Å². The quantitative estimate of drug-likeness (QED) is 0.362. The lowest BCUT2D eigenvalue weighted by Gasteiger charge is -2.02. The third-order valence-electron chi connectivity index (χ3n) is 3.00. The number of hydrogen-bond acceptors (Lipinski definition) is 3. The molecule has 2 aromatic rings. The number of esters is 1. The summed E-state index contributed by atoms with van der Waals surface area (Å²) in [4.78, 5) is 23.2. The van der Waals surface area contributed by atoms with Gasteiger partial charge in [-0.1, -0.05) is 19.1 Å². The Kier molecular flexibility index (Phi) is 5.20. The molecule has 0 aliphatic carbocycles. The van der Waals surface area contributed by atoms with Gasteiger partial charge in [-0.15, -0.1) is 0 Å². The van der Waals surface area contributed by atoms with E-state index in [1.54, 1.807) is 43.3 Å². The van der Waals surface area contributed by atoms with E-state index in [4.69, 9.17) is 4.74 Å². The van der Waals surface area contributed by atoms with Gasteiger partial charge in [-0.25, -0.2) is 9.18 Å². The van der Waals surface area contributed by atoms with Crippen molar-refractivity contribution in [3.8, 4) is 5.75 Å². The van der Waals surface area contributed by atoms with Gasteiger partial charge in [0.2, 0.25) is 0 Å². The Bertz CT molecular complexity index is 685. The number of hydrogen-bond donors (Lipinski definition) is 0. The smallest absolute Gasteiger partial charge is 0.336 e. The highest BCUT2D eigenvalue weighted by Gasteiger charge is 2.04. The molecule has 3 nitrogen and oxygen atoms in total. The molecule has 0 saturated heterocycles. The zero-order valence-electron chi connectivity index (χ0n) is 12.1. The van der Waals surface area contributed by atoms with E-state index in [1.165, 1.54) is 24.3 Å². The van der Waals surface area contributed by atoms with E-state index in [2.05, 4.69) is 0 Å². The monoisotopic (exact) mass is 298 g/mol. The van der Waals surface area contributed by atoms with Gasteiger partial charge >= 0.3 is 5.97 Å². The van der Waals surface area contributed by atoms with Crippen molar-refractivity contribution in [2.24, 2.45) is 0 Å². The molecule has 0 aromatic heterocycles. The largest absolute Gasteiger partial charge is 0.423 e. The highest BCUT2D eigenvalue weighted by Crippen LogP contribution is 2.14. The number of benzene rings is 2. The maximum absolute atomic E-state index is 12.7. The fourth-order valence-electron chi connectivity index (χ4n) is 1.80. The summed E-state index contributed by atoms with van der Waals surface area (Å²) in [5, 5.41) is 0. The minimum atomic E-state index is -0.543. The van der Waals surface area contributed by atoms with Crippen LogP contribution in [0.25, 0.3) is 6.08 Å². The van der Waals surface area contributed by atoms with Gasteiger partial charge in [0.1, 0.15) is 11.6 Å². The SMILES string of the molecule is CCC(=O)c1ccc(OC(=O)C=Cc2ccc(F)cc2)cc1. The van der Waals surface area contributed by atoms with Crippen molar-refractivity contribution in [3.05, 3.63) is 71.6 Å². The van der Waals surface area contributed by atoms with Crippen LogP contribution in [0.4, 0.5) is 4.39 Å². The van der Waals surface area contributed by atoms with Gasteiger partial charge in [-0.3, -0.25) is 4.79 Å². The molecule has 0 fully saturated rings. The van der Waals surface area contributed by atoms with Crippen molar-refractivity contribution in [1.82, 2.24) is 0 Å². The van der Waals surface area contributed by atoms with Crippen LogP contribution in [0.3, 0.4) is 0 Å². The molecule has 2 aromatic carbocycles. The normalized spacial score (nSPS) is 10.6. The van der Waals surface area contributed by atoms with E-state index in [1.807, 2.05) is 0 Å². The van der Waals surface area contributed by atoms with Crippen molar-refractivity contribution in [3.63, 3.8) is 0 Å². The standard InChI is InChI=1S/C18H15FO3/c1-2-17(20)14-6-10-16(11-7-14)22-18(21)12-5-13-3-8-15(19)9-4-13/h3-12H,2H2,1H3. The van der Waals surface area contributed by atoms with Crippen molar-refractivity contribution in [2.45, 2.75) is 13.3 Å². The third kappa shape index (κ3) is 4.38. The van der Waals surface area contributed by atoms with Gasteiger partial charge in [0.15, 0.2) is 5.78 Å². The Morgan fingerprint density at radius 3 is 2.27 bits per heavy atom. The zero-order chi connectivity index (χ0) is 15.9. The Morgan fingerprint density at radius 1 is 1.05 bits per heavy atom. The number of carbonyl (C=O) groups is 2. The first kappa shape index (κ1) is 15.6. The predicted molar refractivity (Wildman–Crippen MR) is 82.1 cm³/mol. The highest BCUT2D eigenvalue weighted by atomic mass is 19.1. The highest BCUT2D eigenvalue weighted by molar-refractivity contribution is 5.96. The lowest BCUT2D eigenvalue weighted by molar-refractivity contribution is -0.128. The molecule has 0 aliphatic heterocycles. The maximum Gasteiger partial charge on any atom is 0.336 e. The molecule has 0 bridgehead atoms. The second-order valence-electron chi connectivity index (χ2n) is 4.61. The molecule has 112 valence electrons. The van der Waals surface area contributed by atoms with Crippen molar-refractivity contribution in [1.29, 1.82) is 0 Å². The number of rotatable bonds is 5. The molecule has 0 atom stereocenters. The van der Waals surface area contributed by atoms with Crippen molar-refractivity contribution in [2.75, 3.05) is 0 Å². The molecule has 0 heterocycles. The van der Waals surface area contributed by atoms with E-state index in [9.17, 15) is 14.0 Å². The molecule has 4 heteroatoms. The van der Waals surface area contributed by atoms with Crippen LogP contribution in [0.15, 0.2) is 54.6 Å². The molecular formula is C18H15FO3. The number of ketones is 1. The Hall–Kier alpha value is -2.75. The second-order valence-corrected chi connectivity index (χ2v) is 4.61. The van der Waals surface area contributed by atoms with Crippen LogP contribution in [0.1, 0.15) is 29.3 Å². The van der Waals surface area contributed by atoms with Gasteiger partial charge in [0, 0.05) is 18.1 Å². The average molecular weight is 298 g/mol. The molecule has 0 aliphatic rings. The molecule has 0 spiro atoms. The maximum atomic E-state index is 12.7. The minimum Gasteiger partial charge on any atom is -0.423 e. The van der Waals surface area contributed by atoms with E-state index in [0.717, 1.165) is 0 Å². The fourth-order valence-corrected chi connectivity index (χ4v) is 1.80. The average Bonchev–Trinajstić information content (AvgIpc) is 2.54. The summed E-state index contributed by atoms with van der Waals surface area (Å²) < 4.78 is 17.9. The fraction of sp³-hybridized carbons (Fsp3) is 0.111. The summed E-state index contributed by atoms with van der Waals surface area (Å²) in [6.45, 7) is 1.79. The van der Waals surface area contributed by atoms with Gasteiger partial charge in [-0.05, 0) is 48.0 Å². The van der Waals surface area contributed by atoms with Gasteiger partial charge in [-0.2, -0.15) is 0 Å². The summed E-state index contributed by atoms with van der Waals surface area (Å²) in [5.74, 6) is -0.476. The predicted octanol–water partition coefficient (Wildman–Crippen LogP) is 4.04. The van der Waals surface area contributed by atoms with E-state index >= 15 is 0 Å². The summed E-state index contributed by atoms with van der Waals surface area (Å²) in [7, 11) is 0. The summed E-state index contributed by atoms with van der Waals surface area (Å²) >= 11 is 0. The number of Topliss-reactive ketones (excluding diaryl/α,β-unsaturated/α-hetero) is 1. The topological polar surface area (TPSA) is 43.4 Å². The number of carbonyl (C=O) groups excluding carboxylic acids is 2. The number of halogens is 1. The van der Waals surface area contributed by atoms with Crippen LogP contribution >= 0.6 is 0 Å². The first-order valence-corrected chi connectivity index (χ1v) is 6.87. The van der Waals surface area contributed by atoms with Crippen LogP contribution in [-0.4, -0.2) is 11.8 Å². The minimum absolute atomic E-state index is 0.0362. The molecular weight excluding hydrogens is 283 g/mol. The van der Waals surface area contributed by atoms with Crippen LogP contribution in [-0.2, 0) is 4.79 Å². The first-order valence-electron chi connectivity index (χ1n) is 6.87. The molecule has 0 N–H and O–H groups in total. The summed E-state index contributed by atoms with van der Waals surface area (Å²) in [5.41, 5.74) is 1.28. The van der Waals surface area contributed by atoms with E-state index in [-0.39, 0.29) is 11.6 Å². The molecule has 22 heavy (non-hydrogen) atoms. The van der Waals surface area contributed by atoms with E-state index in [0.29, 0.717) is 23.3 Å². The van der Waals surface area contributed by atoms with Crippen LogP contribution in [0, 0.1) is 5.82 Å². The van der Waals surface area contributed by atoms with Crippen LogP contribution in [0.2, 0.25) is 0 Å². The van der Waals surface area contributed by atoms with Gasteiger partial charge < -0.3 is 4.74 Å². The van der Waals surface area contributed by atoms with Crippen molar-refractivity contribution < 1.29 is 18.7 Å². The third-order valence-corrected chi connectivity index (χ3v) is 3.00. The number of ether oxygens (including phenoxy) is 1. The molecule has 0 amide bonds. The Morgan fingerprint density at radius 2 is 1.68 bits per heavy atom. The summed E-state index contributed by atoms with van der Waals surface area (Å²) in [6.07, 6.45) is 3.23. The van der Waals surface area contributed by atoms with E-state index < -0.39 is 5.97 Å². The Labute approximate surface area is 128 Å². The van der Waals surface area contributed by atoms with Crippen LogP contribution < -0.4 is 4.74 Å². The lowest BCUT2D eigenvalue weighted by Crippen LogP contribution is -2.04. The first-order chi connectivity index (χ1) is 10.6. The molecule has 0 saturated carbocycles. The zero-order valence-corrected chi connectivity index (χ0v) is 12.1.